The summed E-state index contributed by atoms with van der Waals surface area (Å²) in [4.78, 5) is 44.8. The van der Waals surface area contributed by atoms with Crippen molar-refractivity contribution in [3.63, 3.8) is 0 Å². The first-order valence-electron chi connectivity index (χ1n) is 13.1. The number of pyridine rings is 2. The molecule has 4 aromatic rings. The van der Waals surface area contributed by atoms with Crippen molar-refractivity contribution in [2.24, 2.45) is 5.92 Å². The number of hydrogen-bond acceptors (Lipinski definition) is 9. The summed E-state index contributed by atoms with van der Waals surface area (Å²) in [6, 6.07) is 16.7. The van der Waals surface area contributed by atoms with E-state index in [0.717, 1.165) is 43.1 Å². The maximum atomic E-state index is 13.4. The van der Waals surface area contributed by atoms with E-state index in [0.29, 0.717) is 29.4 Å². The highest BCUT2D eigenvalue weighted by molar-refractivity contribution is 5.95. The highest BCUT2D eigenvalue weighted by Gasteiger charge is 2.23. The maximum absolute atomic E-state index is 13.4. The molecule has 5 rings (SSSR count). The van der Waals surface area contributed by atoms with Crippen LogP contribution in [0.1, 0.15) is 12.0 Å². The number of aliphatic carboxylic acids is 1. The summed E-state index contributed by atoms with van der Waals surface area (Å²) in [6.07, 6.45) is 6.48. The van der Waals surface area contributed by atoms with Crippen LogP contribution in [0.2, 0.25) is 0 Å². The van der Waals surface area contributed by atoms with Crippen LogP contribution in [0.3, 0.4) is 0 Å². The van der Waals surface area contributed by atoms with Crippen LogP contribution in [0.25, 0.3) is 11.3 Å². The van der Waals surface area contributed by atoms with Gasteiger partial charge >= 0.3 is 5.97 Å². The molecule has 1 saturated heterocycles. The van der Waals surface area contributed by atoms with Gasteiger partial charge in [-0.05, 0) is 30.2 Å². The Balaban J connectivity index is 1.45. The monoisotopic (exact) mass is 538 g/mol. The van der Waals surface area contributed by atoms with Gasteiger partial charge in [0, 0.05) is 62.1 Å². The number of carbonyl (C=O) groups is 2. The van der Waals surface area contributed by atoms with Crippen molar-refractivity contribution in [1.82, 2.24) is 25.3 Å². The smallest absolute Gasteiger partial charge is 0.304 e. The van der Waals surface area contributed by atoms with E-state index in [4.69, 9.17) is 4.98 Å². The van der Waals surface area contributed by atoms with Crippen LogP contribution in [-0.2, 0) is 16.0 Å². The van der Waals surface area contributed by atoms with Gasteiger partial charge in [-0.25, -0.2) is 15.0 Å². The van der Waals surface area contributed by atoms with Gasteiger partial charge in [-0.3, -0.25) is 14.6 Å². The summed E-state index contributed by atoms with van der Waals surface area (Å²) in [5.41, 5.74) is 2.81. The molecule has 0 aliphatic carbocycles. The van der Waals surface area contributed by atoms with E-state index in [-0.39, 0.29) is 12.3 Å². The predicted octanol–water partition coefficient (Wildman–Crippen LogP) is 3.36. The molecule has 1 atom stereocenters. The standard InChI is InChI=1S/C29H30N8O3/c38-28(39)16-22(14-20-4-2-1-3-5-20)29(40)34-23-17-24(35-25(18-23)36-26-19-31-8-9-32-26)21-6-7-33-27(15-21)37-12-10-30-11-13-37/h1-9,15,17-19,22,30H,10-14,16H2,(H,38,39)(H2,32,34,35,36,40)/t22-/m0/s1. The number of benzene rings is 1. The molecular weight excluding hydrogens is 508 g/mol. The minimum absolute atomic E-state index is 0.290. The second-order valence-electron chi connectivity index (χ2n) is 9.46. The number of carboxylic acid groups (broad SMARTS) is 1. The molecule has 11 heteroatoms. The molecule has 40 heavy (non-hydrogen) atoms. The van der Waals surface area contributed by atoms with Gasteiger partial charge in [0.2, 0.25) is 5.91 Å². The van der Waals surface area contributed by atoms with Crippen LogP contribution >= 0.6 is 0 Å². The van der Waals surface area contributed by atoms with E-state index >= 15 is 0 Å². The first-order valence-corrected chi connectivity index (χ1v) is 13.1. The second-order valence-corrected chi connectivity index (χ2v) is 9.46. The Hall–Kier alpha value is -4.90. The number of anilines is 4. The van der Waals surface area contributed by atoms with Gasteiger partial charge in [0.25, 0.3) is 0 Å². The Kier molecular flexibility index (Phi) is 8.52. The maximum Gasteiger partial charge on any atom is 0.304 e. The number of aromatic nitrogens is 4. The molecule has 0 unspecified atom stereocenters. The van der Waals surface area contributed by atoms with E-state index < -0.39 is 11.9 Å². The average Bonchev–Trinajstić information content (AvgIpc) is 2.98. The number of carboxylic acids is 1. The molecule has 1 aliphatic heterocycles. The highest BCUT2D eigenvalue weighted by atomic mass is 16.4. The Bertz CT molecular complexity index is 1450. The van der Waals surface area contributed by atoms with Crippen molar-refractivity contribution in [3.8, 4) is 11.3 Å². The van der Waals surface area contributed by atoms with E-state index in [1.54, 1.807) is 36.9 Å². The lowest BCUT2D eigenvalue weighted by Crippen LogP contribution is -2.43. The molecule has 1 fully saturated rings. The average molecular weight is 539 g/mol. The zero-order chi connectivity index (χ0) is 27.7. The minimum Gasteiger partial charge on any atom is -0.481 e. The fraction of sp³-hybridized carbons (Fsp3) is 0.241. The van der Waals surface area contributed by atoms with Crippen molar-refractivity contribution in [3.05, 3.63) is 84.9 Å². The van der Waals surface area contributed by atoms with E-state index in [9.17, 15) is 14.7 Å². The molecule has 3 aromatic heterocycles. The Morgan fingerprint density at radius 1 is 0.975 bits per heavy atom. The van der Waals surface area contributed by atoms with Crippen LogP contribution < -0.4 is 20.9 Å². The van der Waals surface area contributed by atoms with Crippen molar-refractivity contribution in [1.29, 1.82) is 0 Å². The third kappa shape index (κ3) is 7.14. The first-order chi connectivity index (χ1) is 19.5. The fourth-order valence-electron chi connectivity index (χ4n) is 4.57. The van der Waals surface area contributed by atoms with Gasteiger partial charge in [-0.2, -0.15) is 0 Å². The molecule has 0 saturated carbocycles. The van der Waals surface area contributed by atoms with Crippen molar-refractivity contribution in [2.75, 3.05) is 41.7 Å². The van der Waals surface area contributed by atoms with Gasteiger partial charge in [-0.15, -0.1) is 0 Å². The number of rotatable bonds is 10. The van der Waals surface area contributed by atoms with Gasteiger partial charge in [-0.1, -0.05) is 30.3 Å². The molecular formula is C29H30N8O3. The van der Waals surface area contributed by atoms with Gasteiger partial charge in [0.1, 0.15) is 17.5 Å². The number of amides is 1. The summed E-state index contributed by atoms with van der Waals surface area (Å²) in [5, 5.41) is 18.9. The van der Waals surface area contributed by atoms with Gasteiger partial charge in [0.05, 0.1) is 24.2 Å². The van der Waals surface area contributed by atoms with Crippen molar-refractivity contribution < 1.29 is 14.7 Å². The first kappa shape index (κ1) is 26.7. The fourth-order valence-corrected chi connectivity index (χ4v) is 4.57. The van der Waals surface area contributed by atoms with E-state index in [2.05, 4.69) is 35.8 Å². The molecule has 4 N–H and O–H groups in total. The molecule has 0 spiro atoms. The highest BCUT2D eigenvalue weighted by Crippen LogP contribution is 2.28. The summed E-state index contributed by atoms with van der Waals surface area (Å²) in [7, 11) is 0. The van der Waals surface area contributed by atoms with Gasteiger partial charge < -0.3 is 26.0 Å². The quantitative estimate of drug-likeness (QED) is 0.237. The number of carbonyl (C=O) groups excluding carboxylic acids is 1. The zero-order valence-electron chi connectivity index (χ0n) is 21.8. The number of nitrogens with zero attached hydrogens (tertiary/aromatic N) is 5. The summed E-state index contributed by atoms with van der Waals surface area (Å²) in [5.74, 6) is -0.379. The largest absolute Gasteiger partial charge is 0.481 e. The summed E-state index contributed by atoms with van der Waals surface area (Å²) < 4.78 is 0. The third-order valence-corrected chi connectivity index (χ3v) is 6.51. The Labute approximate surface area is 231 Å². The molecule has 0 bridgehead atoms. The topological polar surface area (TPSA) is 145 Å². The second kappa shape index (κ2) is 12.8. The molecule has 204 valence electrons. The van der Waals surface area contributed by atoms with Crippen LogP contribution in [0, 0.1) is 5.92 Å². The van der Waals surface area contributed by atoms with Crippen molar-refractivity contribution in [2.45, 2.75) is 12.8 Å². The van der Waals surface area contributed by atoms with E-state index in [1.807, 2.05) is 42.5 Å². The Morgan fingerprint density at radius 3 is 2.55 bits per heavy atom. The number of hydrogen-bond donors (Lipinski definition) is 4. The number of nitrogens with one attached hydrogen (secondary N) is 3. The van der Waals surface area contributed by atoms with Gasteiger partial charge in [0.15, 0.2) is 0 Å². The SMILES string of the molecule is O=C(O)C[C@H](Cc1ccccc1)C(=O)Nc1cc(Nc2cnccn2)nc(-c2ccnc(N3CCNCC3)c2)c1. The lowest BCUT2D eigenvalue weighted by atomic mass is 9.95. The normalized spacial score (nSPS) is 13.8. The molecule has 4 heterocycles. The lowest BCUT2D eigenvalue weighted by Gasteiger charge is -2.28. The molecule has 11 nitrogen and oxygen atoms in total. The third-order valence-electron chi connectivity index (χ3n) is 6.51. The molecule has 0 radical (unpaired) electrons. The minimum atomic E-state index is -1.03. The van der Waals surface area contributed by atoms with Crippen molar-refractivity contribution >= 4 is 35.0 Å². The van der Waals surface area contributed by atoms with E-state index in [1.165, 1.54) is 0 Å². The predicted molar refractivity (Wildman–Crippen MR) is 152 cm³/mol. The molecule has 1 aromatic carbocycles. The van der Waals surface area contributed by atoms with Crippen LogP contribution in [0.5, 0.6) is 0 Å². The van der Waals surface area contributed by atoms with Crippen LogP contribution in [0.4, 0.5) is 23.1 Å². The zero-order valence-corrected chi connectivity index (χ0v) is 21.8. The Morgan fingerprint density at radius 2 is 1.80 bits per heavy atom. The number of piperazine rings is 1. The molecule has 1 amide bonds. The lowest BCUT2D eigenvalue weighted by molar-refractivity contribution is -0.140. The van der Waals surface area contributed by atoms with Crippen LogP contribution in [-0.4, -0.2) is 63.1 Å². The summed E-state index contributed by atoms with van der Waals surface area (Å²) >= 11 is 0. The summed E-state index contributed by atoms with van der Waals surface area (Å²) in [6.45, 7) is 3.48. The molecule has 1 aliphatic rings. The van der Waals surface area contributed by atoms with Crippen LogP contribution in [0.15, 0.2) is 79.4 Å².